The van der Waals surface area contributed by atoms with Crippen LogP contribution in [0.2, 0.25) is 0 Å². The highest BCUT2D eigenvalue weighted by molar-refractivity contribution is 7.92. The largest absolute Gasteiger partial charge is 0.353 e. The number of carbonyl (C=O) groups is 2. The van der Waals surface area contributed by atoms with Gasteiger partial charge < -0.3 is 16.0 Å². The Bertz CT molecular complexity index is 571. The Morgan fingerprint density at radius 2 is 1.91 bits per heavy atom. The lowest BCUT2D eigenvalue weighted by atomic mass is 10.0. The zero-order valence-corrected chi connectivity index (χ0v) is 14.0. The van der Waals surface area contributed by atoms with Crippen LogP contribution in [0.1, 0.15) is 51.4 Å². The number of nitrogens with one attached hydrogen (secondary N) is 3. The van der Waals surface area contributed by atoms with Gasteiger partial charge in [-0.1, -0.05) is 19.3 Å². The van der Waals surface area contributed by atoms with Crippen LogP contribution in [0.3, 0.4) is 0 Å². The molecule has 2 aliphatic heterocycles. The van der Waals surface area contributed by atoms with Crippen LogP contribution in [0, 0.1) is 0 Å². The first-order chi connectivity index (χ1) is 11.0. The molecule has 23 heavy (non-hydrogen) atoms. The van der Waals surface area contributed by atoms with Crippen LogP contribution in [0.15, 0.2) is 0 Å². The minimum Gasteiger partial charge on any atom is -0.353 e. The summed E-state index contributed by atoms with van der Waals surface area (Å²) in [4.78, 5) is 23.2. The Morgan fingerprint density at radius 1 is 1.17 bits per heavy atom. The third-order valence-corrected chi connectivity index (χ3v) is 7.46. The van der Waals surface area contributed by atoms with Crippen molar-refractivity contribution in [3.8, 4) is 0 Å². The molecule has 3 rings (SSSR count). The number of amides is 3. The number of unbranched alkanes of at least 4 members (excludes halogenated alkanes) is 1. The van der Waals surface area contributed by atoms with Crippen molar-refractivity contribution < 1.29 is 18.0 Å². The lowest BCUT2D eigenvalue weighted by Crippen LogP contribution is -2.39. The van der Waals surface area contributed by atoms with Crippen molar-refractivity contribution in [2.24, 2.45) is 0 Å². The summed E-state index contributed by atoms with van der Waals surface area (Å²) in [5.41, 5.74) is 0. The van der Waals surface area contributed by atoms with E-state index in [0.29, 0.717) is 31.7 Å². The summed E-state index contributed by atoms with van der Waals surface area (Å²) in [6.07, 6.45) is 6.83. The van der Waals surface area contributed by atoms with E-state index >= 15 is 0 Å². The van der Waals surface area contributed by atoms with Crippen molar-refractivity contribution in [2.75, 3.05) is 5.75 Å². The maximum Gasteiger partial charge on any atom is 0.315 e. The maximum absolute atomic E-state index is 12.2. The zero-order chi connectivity index (χ0) is 16.4. The van der Waals surface area contributed by atoms with Gasteiger partial charge in [0.25, 0.3) is 0 Å². The molecular formula is C15H25N3O4S. The van der Waals surface area contributed by atoms with Gasteiger partial charge in [0.2, 0.25) is 5.91 Å². The molecule has 3 atom stereocenters. The van der Waals surface area contributed by atoms with Gasteiger partial charge >= 0.3 is 6.03 Å². The van der Waals surface area contributed by atoms with Gasteiger partial charge in [0, 0.05) is 12.5 Å². The molecule has 3 fully saturated rings. The fourth-order valence-corrected chi connectivity index (χ4v) is 6.28. The molecule has 0 aromatic rings. The predicted molar refractivity (Wildman–Crippen MR) is 85.7 cm³/mol. The first kappa shape index (κ1) is 16.5. The van der Waals surface area contributed by atoms with Crippen LogP contribution in [0.5, 0.6) is 0 Å². The molecule has 0 unspecified atom stereocenters. The SMILES string of the molecule is O=C(CCCC[C@@H]1[C@@H]2NC(=O)N[C@H]2CS1(=O)=O)NC1CCCC1. The Kier molecular flexibility index (Phi) is 4.79. The molecule has 2 saturated heterocycles. The minimum atomic E-state index is -3.17. The summed E-state index contributed by atoms with van der Waals surface area (Å²) < 4.78 is 24.3. The number of urea groups is 1. The third-order valence-electron chi connectivity index (χ3n) is 5.18. The number of rotatable bonds is 6. The van der Waals surface area contributed by atoms with E-state index in [-0.39, 0.29) is 29.8 Å². The fraction of sp³-hybridized carbons (Fsp3) is 0.867. The van der Waals surface area contributed by atoms with Gasteiger partial charge in [-0.05, 0) is 25.7 Å². The van der Waals surface area contributed by atoms with E-state index in [9.17, 15) is 18.0 Å². The van der Waals surface area contributed by atoms with Gasteiger partial charge in [-0.2, -0.15) is 0 Å². The van der Waals surface area contributed by atoms with E-state index in [1.54, 1.807) is 0 Å². The molecule has 1 saturated carbocycles. The molecule has 2 heterocycles. The van der Waals surface area contributed by atoms with Gasteiger partial charge in [-0.15, -0.1) is 0 Å². The van der Waals surface area contributed by atoms with E-state index in [4.69, 9.17) is 0 Å². The van der Waals surface area contributed by atoms with Crippen molar-refractivity contribution in [3.63, 3.8) is 0 Å². The molecule has 0 bridgehead atoms. The van der Waals surface area contributed by atoms with Crippen molar-refractivity contribution in [1.29, 1.82) is 0 Å². The van der Waals surface area contributed by atoms with Crippen LogP contribution < -0.4 is 16.0 Å². The summed E-state index contributed by atoms with van der Waals surface area (Å²) in [5.74, 6) is 0.0864. The molecule has 0 aromatic heterocycles. The minimum absolute atomic E-state index is 0.0171. The third kappa shape index (κ3) is 3.79. The molecule has 0 radical (unpaired) electrons. The molecule has 0 spiro atoms. The van der Waals surface area contributed by atoms with Gasteiger partial charge in [0.05, 0.1) is 23.1 Å². The number of sulfone groups is 1. The Morgan fingerprint density at radius 3 is 2.65 bits per heavy atom. The molecule has 1 aliphatic carbocycles. The van der Waals surface area contributed by atoms with Crippen LogP contribution in [0.4, 0.5) is 4.79 Å². The molecule has 3 aliphatic rings. The lowest BCUT2D eigenvalue weighted by molar-refractivity contribution is -0.121. The average Bonchev–Trinajstić information content (AvgIpc) is 3.12. The van der Waals surface area contributed by atoms with E-state index in [1.165, 1.54) is 12.8 Å². The highest BCUT2D eigenvalue weighted by Crippen LogP contribution is 2.28. The molecule has 7 nitrogen and oxygen atoms in total. The standard InChI is InChI=1S/C15H25N3O4S/c19-13(16-10-5-1-2-6-10)8-4-3-7-12-14-11(9-23(12,21)22)17-15(20)18-14/h10-12,14H,1-9H2,(H,16,19)(H2,17,18,20)/t11-,12+,14+/m0/s1. The van der Waals surface area contributed by atoms with Gasteiger partial charge in [0.15, 0.2) is 9.84 Å². The Labute approximate surface area is 136 Å². The highest BCUT2D eigenvalue weighted by Gasteiger charge is 2.51. The summed E-state index contributed by atoms with van der Waals surface area (Å²) in [6.45, 7) is 0. The zero-order valence-electron chi connectivity index (χ0n) is 13.2. The Hall–Kier alpha value is -1.31. The first-order valence-corrected chi connectivity index (χ1v) is 10.3. The second kappa shape index (κ2) is 6.67. The molecular weight excluding hydrogens is 318 g/mol. The second-order valence-corrected chi connectivity index (χ2v) is 9.18. The second-order valence-electron chi connectivity index (χ2n) is 6.91. The molecule has 0 aromatic carbocycles. The van der Waals surface area contributed by atoms with Gasteiger partial charge in [-0.25, -0.2) is 13.2 Å². The summed E-state index contributed by atoms with van der Waals surface area (Å²) >= 11 is 0. The van der Waals surface area contributed by atoms with Gasteiger partial charge in [0.1, 0.15) is 0 Å². The van der Waals surface area contributed by atoms with E-state index < -0.39 is 15.1 Å². The summed E-state index contributed by atoms with van der Waals surface area (Å²) in [5, 5.41) is 7.89. The number of hydrogen-bond donors (Lipinski definition) is 3. The number of fused-ring (bicyclic) bond motifs is 1. The quantitative estimate of drug-likeness (QED) is 0.481. The smallest absolute Gasteiger partial charge is 0.315 e. The van der Waals surface area contributed by atoms with Crippen molar-refractivity contribution in [3.05, 3.63) is 0 Å². The normalized spacial score (nSPS) is 32.3. The Balaban J connectivity index is 1.41. The monoisotopic (exact) mass is 343 g/mol. The predicted octanol–water partition coefficient (Wildman–Crippen LogP) is 0.453. The highest BCUT2D eigenvalue weighted by atomic mass is 32.2. The number of carbonyl (C=O) groups excluding carboxylic acids is 2. The van der Waals surface area contributed by atoms with E-state index in [1.807, 2.05) is 0 Å². The van der Waals surface area contributed by atoms with Crippen molar-refractivity contribution in [1.82, 2.24) is 16.0 Å². The van der Waals surface area contributed by atoms with Crippen LogP contribution in [0.25, 0.3) is 0 Å². The van der Waals surface area contributed by atoms with Crippen molar-refractivity contribution >= 4 is 21.8 Å². The lowest BCUT2D eigenvalue weighted by Gasteiger charge is -2.16. The summed E-state index contributed by atoms with van der Waals surface area (Å²) in [7, 11) is -3.17. The average molecular weight is 343 g/mol. The summed E-state index contributed by atoms with van der Waals surface area (Å²) in [6, 6.07) is -0.572. The molecule has 8 heteroatoms. The molecule has 3 amide bonds. The molecule has 3 N–H and O–H groups in total. The first-order valence-electron chi connectivity index (χ1n) is 8.54. The van der Waals surface area contributed by atoms with Crippen LogP contribution >= 0.6 is 0 Å². The fourth-order valence-electron chi connectivity index (χ4n) is 4.01. The molecule has 130 valence electrons. The van der Waals surface area contributed by atoms with E-state index in [0.717, 1.165) is 12.8 Å². The van der Waals surface area contributed by atoms with Crippen LogP contribution in [-0.2, 0) is 14.6 Å². The van der Waals surface area contributed by atoms with Gasteiger partial charge in [-0.3, -0.25) is 4.79 Å². The topological polar surface area (TPSA) is 104 Å². The van der Waals surface area contributed by atoms with E-state index in [2.05, 4.69) is 16.0 Å². The van der Waals surface area contributed by atoms with Crippen LogP contribution in [-0.4, -0.2) is 49.5 Å². The number of hydrogen-bond acceptors (Lipinski definition) is 4. The van der Waals surface area contributed by atoms with Crippen molar-refractivity contribution in [2.45, 2.75) is 74.7 Å². The maximum atomic E-state index is 12.2.